The maximum Gasteiger partial charge on any atom is 0.222 e. The SMILES string of the molecule is COc1c(OCc2ccccc2)cccc1-c1cc(N)on1. The maximum atomic E-state index is 5.87. The number of benzene rings is 2. The number of aromatic nitrogens is 1. The van der Waals surface area contributed by atoms with Crippen molar-refractivity contribution in [3.8, 4) is 22.8 Å². The predicted molar refractivity (Wildman–Crippen MR) is 83.7 cm³/mol. The van der Waals surface area contributed by atoms with E-state index >= 15 is 0 Å². The highest BCUT2D eigenvalue weighted by atomic mass is 16.5. The lowest BCUT2D eigenvalue weighted by molar-refractivity contribution is 0.285. The fourth-order valence-corrected chi connectivity index (χ4v) is 2.19. The van der Waals surface area contributed by atoms with Gasteiger partial charge in [-0.3, -0.25) is 0 Å². The highest BCUT2D eigenvalue weighted by molar-refractivity contribution is 5.72. The number of hydrogen-bond donors (Lipinski definition) is 1. The molecule has 3 rings (SSSR count). The van der Waals surface area contributed by atoms with Crippen LogP contribution in [0.25, 0.3) is 11.3 Å². The van der Waals surface area contributed by atoms with Crippen molar-refractivity contribution in [2.24, 2.45) is 0 Å². The Bertz CT molecular complexity index is 754. The molecule has 1 heterocycles. The highest BCUT2D eigenvalue weighted by Gasteiger charge is 2.15. The summed E-state index contributed by atoms with van der Waals surface area (Å²) in [6.45, 7) is 0.460. The van der Waals surface area contributed by atoms with Gasteiger partial charge in [0.05, 0.1) is 7.11 Å². The smallest absolute Gasteiger partial charge is 0.222 e. The third-order valence-electron chi connectivity index (χ3n) is 3.22. The van der Waals surface area contributed by atoms with E-state index in [0.29, 0.717) is 23.8 Å². The largest absolute Gasteiger partial charge is 0.492 e. The lowest BCUT2D eigenvalue weighted by Crippen LogP contribution is -1.98. The first-order chi connectivity index (χ1) is 10.8. The van der Waals surface area contributed by atoms with E-state index in [9.17, 15) is 0 Å². The van der Waals surface area contributed by atoms with E-state index in [0.717, 1.165) is 11.1 Å². The van der Waals surface area contributed by atoms with Crippen LogP contribution in [0.5, 0.6) is 11.5 Å². The normalized spacial score (nSPS) is 10.4. The summed E-state index contributed by atoms with van der Waals surface area (Å²) in [6.07, 6.45) is 0. The van der Waals surface area contributed by atoms with Gasteiger partial charge < -0.3 is 19.7 Å². The standard InChI is InChI=1S/C17H16N2O3/c1-20-17-13(14-10-16(18)22-19-14)8-5-9-15(17)21-11-12-6-3-2-4-7-12/h2-10H,11,18H2,1H3. The van der Waals surface area contributed by atoms with Crippen LogP contribution in [0.3, 0.4) is 0 Å². The van der Waals surface area contributed by atoms with Gasteiger partial charge in [-0.15, -0.1) is 0 Å². The van der Waals surface area contributed by atoms with Gasteiger partial charge in [-0.25, -0.2) is 0 Å². The Kier molecular flexibility index (Phi) is 3.96. The Morgan fingerprint density at radius 1 is 1.09 bits per heavy atom. The third-order valence-corrected chi connectivity index (χ3v) is 3.22. The molecule has 0 spiro atoms. The van der Waals surface area contributed by atoms with E-state index in [1.165, 1.54) is 0 Å². The molecular formula is C17H16N2O3. The molecule has 0 saturated heterocycles. The van der Waals surface area contributed by atoms with Gasteiger partial charge in [-0.2, -0.15) is 0 Å². The second-order valence-electron chi connectivity index (χ2n) is 4.73. The second-order valence-corrected chi connectivity index (χ2v) is 4.73. The summed E-state index contributed by atoms with van der Waals surface area (Å²) in [7, 11) is 1.59. The van der Waals surface area contributed by atoms with E-state index in [1.54, 1.807) is 13.2 Å². The Labute approximate surface area is 128 Å². The van der Waals surface area contributed by atoms with Crippen LogP contribution in [-0.4, -0.2) is 12.3 Å². The second kappa shape index (κ2) is 6.22. The van der Waals surface area contributed by atoms with E-state index in [4.69, 9.17) is 19.7 Å². The van der Waals surface area contributed by atoms with Gasteiger partial charge in [-0.05, 0) is 17.7 Å². The lowest BCUT2D eigenvalue weighted by atomic mass is 10.1. The number of anilines is 1. The molecule has 2 N–H and O–H groups in total. The van der Waals surface area contributed by atoms with Gasteiger partial charge >= 0.3 is 0 Å². The minimum atomic E-state index is 0.257. The van der Waals surface area contributed by atoms with Gasteiger partial charge in [0, 0.05) is 11.6 Å². The summed E-state index contributed by atoms with van der Waals surface area (Å²) >= 11 is 0. The van der Waals surface area contributed by atoms with Gasteiger partial charge in [0.25, 0.3) is 0 Å². The topological polar surface area (TPSA) is 70.5 Å². The average Bonchev–Trinajstić information content (AvgIpc) is 2.99. The summed E-state index contributed by atoms with van der Waals surface area (Å²) in [5, 5.41) is 3.92. The molecule has 5 heteroatoms. The summed E-state index contributed by atoms with van der Waals surface area (Å²) < 4.78 is 16.3. The molecule has 0 fully saturated rings. The molecule has 0 saturated carbocycles. The Hall–Kier alpha value is -2.95. The van der Waals surface area contributed by atoms with Crippen LogP contribution in [0.4, 0.5) is 5.88 Å². The van der Waals surface area contributed by atoms with E-state index in [1.807, 2.05) is 48.5 Å². The zero-order chi connectivity index (χ0) is 15.4. The van der Waals surface area contributed by atoms with Crippen molar-refractivity contribution in [1.29, 1.82) is 0 Å². The molecule has 22 heavy (non-hydrogen) atoms. The molecular weight excluding hydrogens is 280 g/mol. The third kappa shape index (κ3) is 2.88. The maximum absolute atomic E-state index is 5.87. The van der Waals surface area contributed by atoms with Crippen molar-refractivity contribution in [3.05, 3.63) is 60.2 Å². The zero-order valence-corrected chi connectivity index (χ0v) is 12.2. The number of rotatable bonds is 5. The molecule has 0 bridgehead atoms. The Morgan fingerprint density at radius 3 is 2.59 bits per heavy atom. The monoisotopic (exact) mass is 296 g/mol. The zero-order valence-electron chi connectivity index (χ0n) is 12.2. The van der Waals surface area contributed by atoms with E-state index in [2.05, 4.69) is 5.16 Å². The number of methoxy groups -OCH3 is 1. The molecule has 2 aromatic carbocycles. The molecule has 112 valence electrons. The van der Waals surface area contributed by atoms with Gasteiger partial charge in [0.1, 0.15) is 12.3 Å². The minimum Gasteiger partial charge on any atom is -0.492 e. The van der Waals surface area contributed by atoms with Gasteiger partial charge in [0.15, 0.2) is 11.5 Å². The fraction of sp³-hybridized carbons (Fsp3) is 0.118. The molecule has 0 aliphatic rings. The van der Waals surface area contributed by atoms with Crippen molar-refractivity contribution in [2.75, 3.05) is 12.8 Å². The minimum absolute atomic E-state index is 0.257. The first kappa shape index (κ1) is 14.0. The molecule has 0 amide bonds. The first-order valence-corrected chi connectivity index (χ1v) is 6.84. The first-order valence-electron chi connectivity index (χ1n) is 6.84. The molecule has 3 aromatic rings. The van der Waals surface area contributed by atoms with Gasteiger partial charge in [-0.1, -0.05) is 41.6 Å². The average molecular weight is 296 g/mol. The van der Waals surface area contributed by atoms with Crippen molar-refractivity contribution in [3.63, 3.8) is 0 Å². The van der Waals surface area contributed by atoms with Crippen molar-refractivity contribution < 1.29 is 14.0 Å². The van der Waals surface area contributed by atoms with E-state index in [-0.39, 0.29) is 5.88 Å². The summed E-state index contributed by atoms with van der Waals surface area (Å²) in [4.78, 5) is 0. The van der Waals surface area contributed by atoms with Crippen LogP contribution >= 0.6 is 0 Å². The quantitative estimate of drug-likeness (QED) is 0.780. The number of ether oxygens (including phenoxy) is 2. The van der Waals surface area contributed by atoms with Crippen LogP contribution in [0.2, 0.25) is 0 Å². The highest BCUT2D eigenvalue weighted by Crippen LogP contribution is 2.38. The number of nitrogen functional groups attached to an aromatic ring is 1. The Balaban J connectivity index is 1.88. The Morgan fingerprint density at radius 2 is 1.91 bits per heavy atom. The number of nitrogens with two attached hydrogens (primary N) is 1. The van der Waals surface area contributed by atoms with Crippen LogP contribution in [0, 0.1) is 0 Å². The molecule has 1 aromatic heterocycles. The van der Waals surface area contributed by atoms with Crippen molar-refractivity contribution in [1.82, 2.24) is 5.16 Å². The molecule has 0 atom stereocenters. The van der Waals surface area contributed by atoms with Crippen LogP contribution in [0.1, 0.15) is 5.56 Å². The number of para-hydroxylation sites is 1. The van der Waals surface area contributed by atoms with Crippen molar-refractivity contribution in [2.45, 2.75) is 6.61 Å². The number of nitrogens with zero attached hydrogens (tertiary/aromatic N) is 1. The molecule has 5 nitrogen and oxygen atoms in total. The lowest BCUT2D eigenvalue weighted by Gasteiger charge is -2.13. The number of hydrogen-bond acceptors (Lipinski definition) is 5. The summed E-state index contributed by atoms with van der Waals surface area (Å²) in [6, 6.07) is 17.2. The molecule has 0 radical (unpaired) electrons. The van der Waals surface area contributed by atoms with E-state index < -0.39 is 0 Å². The molecule has 0 aliphatic carbocycles. The van der Waals surface area contributed by atoms with Crippen LogP contribution < -0.4 is 15.2 Å². The van der Waals surface area contributed by atoms with Crippen LogP contribution in [0.15, 0.2) is 59.1 Å². The molecule has 0 unspecified atom stereocenters. The fourth-order valence-electron chi connectivity index (χ4n) is 2.19. The van der Waals surface area contributed by atoms with Gasteiger partial charge in [0.2, 0.25) is 5.88 Å². The molecule has 0 aliphatic heterocycles. The summed E-state index contributed by atoms with van der Waals surface area (Å²) in [5.74, 6) is 1.50. The van der Waals surface area contributed by atoms with Crippen LogP contribution in [-0.2, 0) is 6.61 Å². The summed E-state index contributed by atoms with van der Waals surface area (Å²) in [5.41, 5.74) is 8.05. The predicted octanol–water partition coefficient (Wildman–Crippen LogP) is 3.51. The van der Waals surface area contributed by atoms with Crippen molar-refractivity contribution >= 4 is 5.88 Å².